The molecule has 0 saturated carbocycles. The molecule has 0 N–H and O–H groups in total. The highest BCUT2D eigenvalue weighted by Crippen LogP contribution is 2.34. The Balaban J connectivity index is 2.00. The van der Waals surface area contributed by atoms with Gasteiger partial charge in [-0.05, 0) is 37.6 Å². The van der Waals surface area contributed by atoms with Gasteiger partial charge in [-0.1, -0.05) is 39.7 Å². The van der Waals surface area contributed by atoms with E-state index in [1.54, 1.807) is 16.7 Å². The van der Waals surface area contributed by atoms with E-state index in [1.165, 1.54) is 4.57 Å². The highest BCUT2D eigenvalue weighted by Gasteiger charge is 2.31. The van der Waals surface area contributed by atoms with Gasteiger partial charge < -0.3 is 4.74 Å². The average molecular weight is 436 g/mol. The summed E-state index contributed by atoms with van der Waals surface area (Å²) in [5.74, 6) is 0.466. The van der Waals surface area contributed by atoms with E-state index >= 15 is 0 Å². The van der Waals surface area contributed by atoms with Crippen LogP contribution in [-0.4, -0.2) is 14.7 Å². The number of hydrogen-bond acceptors (Lipinski definition) is 3. The van der Waals surface area contributed by atoms with E-state index < -0.39 is 5.60 Å². The lowest BCUT2D eigenvalue weighted by Crippen LogP contribution is -2.47. The number of hydrogen-bond donors (Lipinski definition) is 0. The fraction of sp³-hybridized carbons (Fsp3) is 0.263. The summed E-state index contributed by atoms with van der Waals surface area (Å²) in [4.78, 5) is 26.1. The summed E-state index contributed by atoms with van der Waals surface area (Å²) in [6.07, 6.45) is 0. The molecule has 0 aliphatic carbocycles. The fourth-order valence-corrected chi connectivity index (χ4v) is 3.81. The molecule has 0 radical (unpaired) electrons. The number of rotatable bonds is 2. The van der Waals surface area contributed by atoms with Crippen LogP contribution in [0, 0.1) is 0 Å². The Hall–Kier alpha value is -2.05. The third-order valence-electron chi connectivity index (χ3n) is 4.43. The minimum atomic E-state index is -0.575. The number of aromatic nitrogens is 2. The molecule has 0 fully saturated rings. The first-order chi connectivity index (χ1) is 12.2. The van der Waals surface area contributed by atoms with E-state index in [-0.39, 0.29) is 17.8 Å². The van der Waals surface area contributed by atoms with Crippen molar-refractivity contribution in [1.82, 2.24) is 9.13 Å². The molecule has 0 amide bonds. The van der Waals surface area contributed by atoms with Crippen LogP contribution in [0.15, 0.2) is 50.5 Å². The van der Waals surface area contributed by atoms with Crippen LogP contribution < -0.4 is 16.0 Å². The van der Waals surface area contributed by atoms with Gasteiger partial charge >= 0.3 is 5.69 Å². The summed E-state index contributed by atoms with van der Waals surface area (Å²) in [5, 5.41) is 0.794. The summed E-state index contributed by atoms with van der Waals surface area (Å²) in [6, 6.07) is 10.8. The van der Waals surface area contributed by atoms with Gasteiger partial charge in [0.1, 0.15) is 16.9 Å². The molecule has 2 heterocycles. The summed E-state index contributed by atoms with van der Waals surface area (Å²) < 4.78 is 9.77. The topological polar surface area (TPSA) is 53.2 Å². The molecule has 1 aliphatic rings. The normalized spacial score (nSPS) is 15.1. The highest BCUT2D eigenvalue weighted by molar-refractivity contribution is 9.10. The van der Waals surface area contributed by atoms with Gasteiger partial charge in [0.2, 0.25) is 0 Å². The van der Waals surface area contributed by atoms with Crippen molar-refractivity contribution in [2.24, 2.45) is 0 Å². The van der Waals surface area contributed by atoms with Gasteiger partial charge in [-0.3, -0.25) is 13.9 Å². The second-order valence-electron chi connectivity index (χ2n) is 7.05. The van der Waals surface area contributed by atoms with Crippen molar-refractivity contribution in [3.63, 3.8) is 0 Å². The molecule has 1 aromatic heterocycles. The highest BCUT2D eigenvalue weighted by atomic mass is 79.9. The standard InChI is InChI=1S/C19H16BrClN2O3/c1-19(2)10-23-16-14(7-13(21)8-15(16)26-19)17(24)22(18(23)25)9-11-3-5-12(20)6-4-11/h3-8H,9-10H2,1-2H3. The van der Waals surface area contributed by atoms with Crippen LogP contribution >= 0.6 is 27.5 Å². The Morgan fingerprint density at radius 3 is 2.58 bits per heavy atom. The molecule has 7 heteroatoms. The van der Waals surface area contributed by atoms with Crippen molar-refractivity contribution >= 4 is 38.4 Å². The number of ether oxygens (including phenoxy) is 1. The lowest BCUT2D eigenvalue weighted by Gasteiger charge is -2.33. The van der Waals surface area contributed by atoms with Crippen LogP contribution in [0.1, 0.15) is 19.4 Å². The smallest absolute Gasteiger partial charge is 0.332 e. The first-order valence-corrected chi connectivity index (χ1v) is 9.33. The Morgan fingerprint density at radius 2 is 1.88 bits per heavy atom. The van der Waals surface area contributed by atoms with Gasteiger partial charge in [0, 0.05) is 15.6 Å². The van der Waals surface area contributed by atoms with Crippen LogP contribution in [-0.2, 0) is 13.1 Å². The number of halogens is 2. The van der Waals surface area contributed by atoms with Crippen molar-refractivity contribution in [2.75, 3.05) is 0 Å². The van der Waals surface area contributed by atoms with Gasteiger partial charge in [0.25, 0.3) is 5.56 Å². The molecule has 0 spiro atoms. The number of nitrogens with zero attached hydrogens (tertiary/aromatic N) is 2. The molecule has 4 rings (SSSR count). The Kier molecular flexibility index (Phi) is 4.00. The van der Waals surface area contributed by atoms with E-state index in [0.717, 1.165) is 10.0 Å². The minimum absolute atomic E-state index is 0.198. The summed E-state index contributed by atoms with van der Waals surface area (Å²) >= 11 is 9.58. The summed E-state index contributed by atoms with van der Waals surface area (Å²) in [5.41, 5.74) is 0.0966. The molecule has 3 aromatic rings. The maximum atomic E-state index is 13.1. The van der Waals surface area contributed by atoms with Crippen molar-refractivity contribution in [1.29, 1.82) is 0 Å². The molecule has 26 heavy (non-hydrogen) atoms. The van der Waals surface area contributed by atoms with Crippen molar-refractivity contribution in [3.8, 4) is 5.75 Å². The fourth-order valence-electron chi connectivity index (χ4n) is 3.34. The third kappa shape index (κ3) is 2.87. The zero-order valence-electron chi connectivity index (χ0n) is 14.3. The van der Waals surface area contributed by atoms with Gasteiger partial charge in [-0.15, -0.1) is 0 Å². The van der Waals surface area contributed by atoms with E-state index in [4.69, 9.17) is 16.3 Å². The van der Waals surface area contributed by atoms with E-state index in [2.05, 4.69) is 15.9 Å². The molecule has 5 nitrogen and oxygen atoms in total. The number of benzene rings is 2. The van der Waals surface area contributed by atoms with Crippen molar-refractivity contribution < 1.29 is 4.74 Å². The molecule has 0 atom stereocenters. The molecule has 0 saturated heterocycles. The van der Waals surface area contributed by atoms with Crippen LogP contribution in [0.2, 0.25) is 5.02 Å². The van der Waals surface area contributed by atoms with Crippen LogP contribution in [0.5, 0.6) is 5.75 Å². The van der Waals surface area contributed by atoms with Crippen LogP contribution in [0.3, 0.4) is 0 Å². The van der Waals surface area contributed by atoms with Gasteiger partial charge in [-0.25, -0.2) is 4.79 Å². The summed E-state index contributed by atoms with van der Waals surface area (Å²) in [7, 11) is 0. The predicted octanol–water partition coefficient (Wildman–Crippen LogP) is 3.80. The summed E-state index contributed by atoms with van der Waals surface area (Å²) in [6.45, 7) is 4.36. The molecule has 134 valence electrons. The van der Waals surface area contributed by atoms with Crippen LogP contribution in [0.4, 0.5) is 0 Å². The second-order valence-corrected chi connectivity index (χ2v) is 8.40. The molecule has 2 aromatic carbocycles. The molecular formula is C19H16BrClN2O3. The maximum Gasteiger partial charge on any atom is 0.332 e. The lowest BCUT2D eigenvalue weighted by molar-refractivity contribution is 0.0787. The first-order valence-electron chi connectivity index (χ1n) is 8.15. The van der Waals surface area contributed by atoms with Crippen molar-refractivity contribution in [3.05, 3.63) is 72.3 Å². The first kappa shape index (κ1) is 17.4. The Morgan fingerprint density at radius 1 is 1.19 bits per heavy atom. The quantitative estimate of drug-likeness (QED) is 0.615. The Bertz CT molecular complexity index is 1150. The van der Waals surface area contributed by atoms with Gasteiger partial charge in [-0.2, -0.15) is 0 Å². The average Bonchev–Trinajstić information content (AvgIpc) is 2.56. The van der Waals surface area contributed by atoms with Gasteiger partial charge in [0.15, 0.2) is 0 Å². The van der Waals surface area contributed by atoms with E-state index in [1.807, 2.05) is 38.1 Å². The zero-order chi connectivity index (χ0) is 18.6. The van der Waals surface area contributed by atoms with Gasteiger partial charge in [0.05, 0.1) is 18.5 Å². The maximum absolute atomic E-state index is 13.1. The lowest BCUT2D eigenvalue weighted by atomic mass is 10.1. The van der Waals surface area contributed by atoms with E-state index in [0.29, 0.717) is 28.2 Å². The second kappa shape index (κ2) is 5.99. The SMILES string of the molecule is CC1(C)Cn2c(=O)n(Cc3ccc(Br)cc3)c(=O)c3cc(Cl)cc(c32)O1. The monoisotopic (exact) mass is 434 g/mol. The zero-order valence-corrected chi connectivity index (χ0v) is 16.6. The molecule has 0 bridgehead atoms. The molecular weight excluding hydrogens is 420 g/mol. The minimum Gasteiger partial charge on any atom is -0.484 e. The largest absolute Gasteiger partial charge is 0.484 e. The van der Waals surface area contributed by atoms with E-state index in [9.17, 15) is 9.59 Å². The third-order valence-corrected chi connectivity index (χ3v) is 5.17. The molecule has 0 unspecified atom stereocenters. The molecule has 1 aliphatic heterocycles. The van der Waals surface area contributed by atoms with Crippen LogP contribution in [0.25, 0.3) is 10.9 Å². The Labute approximate surface area is 162 Å². The predicted molar refractivity (Wildman–Crippen MR) is 105 cm³/mol. The van der Waals surface area contributed by atoms with Crippen molar-refractivity contribution in [2.45, 2.75) is 32.5 Å².